The molecule has 2 aromatic rings. The lowest BCUT2D eigenvalue weighted by Crippen LogP contribution is -2.43. The molecule has 0 bridgehead atoms. The number of rotatable bonds is 5. The van der Waals surface area contributed by atoms with E-state index in [9.17, 15) is 9.59 Å². The molecule has 0 aliphatic rings. The number of nitrogens with two attached hydrogens (primary N) is 1. The number of nitrogens with zero attached hydrogens (tertiary/aromatic N) is 4. The van der Waals surface area contributed by atoms with Crippen LogP contribution in [0.25, 0.3) is 11.2 Å². The molecular formula is C14H23N5O2. The van der Waals surface area contributed by atoms with E-state index in [1.54, 1.807) is 14.0 Å². The number of hydrogen-bond donors (Lipinski definition) is 1. The van der Waals surface area contributed by atoms with Crippen molar-refractivity contribution in [3.63, 3.8) is 0 Å². The average Bonchev–Trinajstić information content (AvgIpc) is 2.84. The Labute approximate surface area is 123 Å². The summed E-state index contributed by atoms with van der Waals surface area (Å²) in [6.07, 6.45) is 1.72. The van der Waals surface area contributed by atoms with Crippen LogP contribution in [0.5, 0.6) is 0 Å². The van der Waals surface area contributed by atoms with E-state index in [1.807, 2.05) is 11.5 Å². The van der Waals surface area contributed by atoms with Gasteiger partial charge >= 0.3 is 5.69 Å². The maximum atomic E-state index is 12.7. The molecule has 2 N–H and O–H groups in total. The second-order valence-electron chi connectivity index (χ2n) is 5.30. The van der Waals surface area contributed by atoms with Gasteiger partial charge in [-0.1, -0.05) is 6.92 Å². The topological polar surface area (TPSA) is 87.8 Å². The minimum Gasteiger partial charge on any atom is -0.328 e. The molecular weight excluding hydrogens is 270 g/mol. The summed E-state index contributed by atoms with van der Waals surface area (Å²) in [5.41, 5.74) is 5.90. The first-order chi connectivity index (χ1) is 9.97. The number of imidazole rings is 1. The summed E-state index contributed by atoms with van der Waals surface area (Å²) in [6, 6.07) is -0.338. The summed E-state index contributed by atoms with van der Waals surface area (Å²) in [5, 5.41) is 0. The highest BCUT2D eigenvalue weighted by Gasteiger charge is 2.20. The van der Waals surface area contributed by atoms with Crippen LogP contribution in [0.2, 0.25) is 0 Å². The molecule has 2 rings (SSSR count). The second kappa shape index (κ2) is 5.85. The third kappa shape index (κ3) is 2.31. The lowest BCUT2D eigenvalue weighted by molar-refractivity contribution is 0.500. The number of aromatic nitrogens is 4. The fourth-order valence-corrected chi connectivity index (χ4v) is 2.63. The van der Waals surface area contributed by atoms with Gasteiger partial charge in [0.15, 0.2) is 11.2 Å². The Morgan fingerprint density at radius 3 is 2.48 bits per heavy atom. The quantitative estimate of drug-likeness (QED) is 0.863. The smallest absolute Gasteiger partial charge is 0.328 e. The van der Waals surface area contributed by atoms with Gasteiger partial charge in [0.25, 0.3) is 5.56 Å². The number of fused-ring (bicyclic) bond motifs is 1. The standard InChI is InChI=1S/C14H23N5O2/c1-5-7-10-16-12-11(18(10)6-2)13(20)19(9(3)8-15)14(21)17(12)4/h9H,5-8,15H2,1-4H3. The van der Waals surface area contributed by atoms with Crippen molar-refractivity contribution in [1.29, 1.82) is 0 Å². The van der Waals surface area contributed by atoms with E-state index in [0.29, 0.717) is 17.7 Å². The Hall–Kier alpha value is -1.89. The van der Waals surface area contributed by atoms with E-state index in [4.69, 9.17) is 5.73 Å². The van der Waals surface area contributed by atoms with Crippen LogP contribution in [0.1, 0.15) is 39.1 Å². The summed E-state index contributed by atoms with van der Waals surface area (Å²) in [5.74, 6) is 0.847. The van der Waals surface area contributed by atoms with Crippen LogP contribution in [0.3, 0.4) is 0 Å². The van der Waals surface area contributed by atoms with Crippen molar-refractivity contribution in [3.8, 4) is 0 Å². The van der Waals surface area contributed by atoms with E-state index in [1.165, 1.54) is 9.13 Å². The van der Waals surface area contributed by atoms with Crippen LogP contribution in [0.15, 0.2) is 9.59 Å². The van der Waals surface area contributed by atoms with E-state index in [-0.39, 0.29) is 23.8 Å². The van der Waals surface area contributed by atoms with Crippen LogP contribution in [0, 0.1) is 0 Å². The first-order valence-electron chi connectivity index (χ1n) is 7.38. The first-order valence-corrected chi connectivity index (χ1v) is 7.38. The van der Waals surface area contributed by atoms with Gasteiger partial charge in [-0.25, -0.2) is 9.78 Å². The molecule has 0 aliphatic carbocycles. The monoisotopic (exact) mass is 293 g/mol. The molecule has 7 nitrogen and oxygen atoms in total. The zero-order chi connectivity index (χ0) is 15.7. The van der Waals surface area contributed by atoms with Crippen molar-refractivity contribution in [3.05, 3.63) is 26.7 Å². The molecule has 116 valence electrons. The highest BCUT2D eigenvalue weighted by atomic mass is 16.2. The molecule has 21 heavy (non-hydrogen) atoms. The summed E-state index contributed by atoms with van der Waals surface area (Å²) >= 11 is 0. The van der Waals surface area contributed by atoms with Crippen molar-refractivity contribution < 1.29 is 0 Å². The SMILES string of the molecule is CCCc1nc2c(c(=O)n(C(C)CN)c(=O)n2C)n1CC. The third-order valence-electron chi connectivity index (χ3n) is 3.83. The summed E-state index contributed by atoms with van der Waals surface area (Å²) in [7, 11) is 1.65. The van der Waals surface area contributed by atoms with E-state index in [2.05, 4.69) is 11.9 Å². The number of aryl methyl sites for hydroxylation is 3. The van der Waals surface area contributed by atoms with Crippen molar-refractivity contribution in [2.45, 2.75) is 46.2 Å². The minimum absolute atomic E-state index is 0.239. The molecule has 1 unspecified atom stereocenters. The Bertz CT molecular complexity index is 768. The predicted octanol–water partition coefficient (Wildman–Crippen LogP) is 0.389. The molecule has 0 saturated carbocycles. The van der Waals surface area contributed by atoms with Crippen molar-refractivity contribution in [2.24, 2.45) is 12.8 Å². The van der Waals surface area contributed by atoms with Crippen LogP contribution in [-0.2, 0) is 20.0 Å². The third-order valence-corrected chi connectivity index (χ3v) is 3.83. The minimum atomic E-state index is -0.366. The van der Waals surface area contributed by atoms with Gasteiger partial charge in [0, 0.05) is 26.6 Å². The molecule has 2 heterocycles. The van der Waals surface area contributed by atoms with E-state index < -0.39 is 0 Å². The Balaban J connectivity index is 2.94. The summed E-state index contributed by atoms with van der Waals surface area (Å²) < 4.78 is 4.57. The normalized spacial score (nSPS) is 13.0. The lowest BCUT2D eigenvalue weighted by atomic mass is 10.3. The second-order valence-corrected chi connectivity index (χ2v) is 5.30. The molecule has 0 fully saturated rings. The summed E-state index contributed by atoms with van der Waals surface area (Å²) in [4.78, 5) is 29.6. The number of hydrogen-bond acceptors (Lipinski definition) is 4. The predicted molar refractivity (Wildman–Crippen MR) is 82.7 cm³/mol. The highest BCUT2D eigenvalue weighted by Crippen LogP contribution is 2.13. The van der Waals surface area contributed by atoms with Gasteiger partial charge in [0.2, 0.25) is 0 Å². The zero-order valence-electron chi connectivity index (χ0n) is 13.1. The molecule has 7 heteroatoms. The lowest BCUT2D eigenvalue weighted by Gasteiger charge is -2.14. The fraction of sp³-hybridized carbons (Fsp3) is 0.643. The highest BCUT2D eigenvalue weighted by molar-refractivity contribution is 5.71. The van der Waals surface area contributed by atoms with Crippen LogP contribution in [0.4, 0.5) is 0 Å². The van der Waals surface area contributed by atoms with Crippen LogP contribution in [-0.4, -0.2) is 25.2 Å². The molecule has 0 aromatic carbocycles. The Morgan fingerprint density at radius 1 is 1.29 bits per heavy atom. The maximum Gasteiger partial charge on any atom is 0.332 e. The first kappa shape index (κ1) is 15.5. The van der Waals surface area contributed by atoms with Crippen molar-refractivity contribution in [2.75, 3.05) is 6.54 Å². The van der Waals surface area contributed by atoms with Gasteiger partial charge in [0.1, 0.15) is 5.82 Å². The van der Waals surface area contributed by atoms with Crippen LogP contribution < -0.4 is 17.0 Å². The van der Waals surface area contributed by atoms with Gasteiger partial charge in [-0.2, -0.15) is 0 Å². The van der Waals surface area contributed by atoms with Gasteiger partial charge in [-0.05, 0) is 20.3 Å². The fourth-order valence-electron chi connectivity index (χ4n) is 2.63. The average molecular weight is 293 g/mol. The molecule has 0 aliphatic heterocycles. The van der Waals surface area contributed by atoms with E-state index >= 15 is 0 Å². The molecule has 0 radical (unpaired) electrons. The van der Waals surface area contributed by atoms with Crippen molar-refractivity contribution in [1.82, 2.24) is 18.7 Å². The molecule has 1 atom stereocenters. The Morgan fingerprint density at radius 2 is 1.95 bits per heavy atom. The molecule has 0 saturated heterocycles. The van der Waals surface area contributed by atoms with E-state index in [0.717, 1.165) is 18.7 Å². The molecule has 0 spiro atoms. The van der Waals surface area contributed by atoms with Gasteiger partial charge in [0.05, 0.1) is 6.04 Å². The van der Waals surface area contributed by atoms with Crippen molar-refractivity contribution >= 4 is 11.2 Å². The van der Waals surface area contributed by atoms with Gasteiger partial charge < -0.3 is 10.3 Å². The van der Waals surface area contributed by atoms with Crippen LogP contribution >= 0.6 is 0 Å². The maximum absolute atomic E-state index is 12.7. The Kier molecular flexibility index (Phi) is 4.32. The molecule has 0 amide bonds. The summed E-state index contributed by atoms with van der Waals surface area (Å²) in [6.45, 7) is 6.70. The van der Waals surface area contributed by atoms with Gasteiger partial charge in [-0.3, -0.25) is 13.9 Å². The largest absolute Gasteiger partial charge is 0.332 e. The molecule has 2 aromatic heterocycles. The van der Waals surface area contributed by atoms with Gasteiger partial charge in [-0.15, -0.1) is 0 Å². The zero-order valence-corrected chi connectivity index (χ0v) is 13.1.